The second-order valence-corrected chi connectivity index (χ2v) is 7.73. The lowest BCUT2D eigenvalue weighted by atomic mass is 9.81. The van der Waals surface area contributed by atoms with E-state index >= 15 is 0 Å². The first-order chi connectivity index (χ1) is 14.5. The molecule has 1 aliphatic rings. The average molecular weight is 428 g/mol. The van der Waals surface area contributed by atoms with Gasteiger partial charge >= 0.3 is 0 Å². The number of H-pyrrole nitrogens is 1. The van der Waals surface area contributed by atoms with Crippen LogP contribution >= 0.6 is 11.6 Å². The van der Waals surface area contributed by atoms with Crippen LogP contribution in [0.2, 0.25) is 5.02 Å². The Morgan fingerprint density at radius 2 is 2.03 bits per heavy atom. The lowest BCUT2D eigenvalue weighted by Gasteiger charge is -2.36. The summed E-state index contributed by atoms with van der Waals surface area (Å²) in [6.07, 6.45) is 11.0. The first-order valence-electron chi connectivity index (χ1n) is 9.78. The summed E-state index contributed by atoms with van der Waals surface area (Å²) in [5.74, 6) is 0.282. The summed E-state index contributed by atoms with van der Waals surface area (Å²) in [5, 5.41) is 10.7. The lowest BCUT2D eigenvalue weighted by molar-refractivity contribution is -0.126. The fraction of sp³-hybridized carbons (Fsp3) is 0.350. The van der Waals surface area contributed by atoms with E-state index in [4.69, 9.17) is 11.6 Å². The van der Waals surface area contributed by atoms with Gasteiger partial charge in [-0.2, -0.15) is 5.10 Å². The van der Waals surface area contributed by atoms with E-state index in [1.807, 2.05) is 0 Å². The highest BCUT2D eigenvalue weighted by molar-refractivity contribution is 6.32. The molecule has 9 nitrogen and oxygen atoms in total. The molecule has 30 heavy (non-hydrogen) atoms. The van der Waals surface area contributed by atoms with E-state index in [9.17, 15) is 9.59 Å². The minimum atomic E-state index is -0.724. The number of hydrogen-bond donors (Lipinski definition) is 3. The molecule has 0 radical (unpaired) electrons. The molecule has 0 unspecified atom stereocenters. The highest BCUT2D eigenvalue weighted by Crippen LogP contribution is 2.33. The van der Waals surface area contributed by atoms with Crippen LogP contribution in [-0.4, -0.2) is 43.2 Å². The summed E-state index contributed by atoms with van der Waals surface area (Å²) in [7, 11) is 1.64. The smallest absolute Gasteiger partial charge is 0.248 e. The lowest BCUT2D eigenvalue weighted by Crippen LogP contribution is -2.53. The standard InChI is InChI=1S/C20H22ClN7O2/c1-22-18(30)20(7-3-2-4-8-20)27-19-24-11-15(21)17(26-19)13-9-25-28(12-13)14-5-6-16(29)23-10-14/h5-6,9-12H,2-4,7-8H2,1H3,(H,22,30)(H,23,29)(H,24,26,27). The molecule has 1 saturated carbocycles. The van der Waals surface area contributed by atoms with Crippen molar-refractivity contribution in [2.75, 3.05) is 12.4 Å². The predicted octanol–water partition coefficient (Wildman–Crippen LogP) is 2.53. The highest BCUT2D eigenvalue weighted by atomic mass is 35.5. The van der Waals surface area contributed by atoms with Gasteiger partial charge in [-0.05, 0) is 18.9 Å². The van der Waals surface area contributed by atoms with E-state index < -0.39 is 5.54 Å². The fourth-order valence-electron chi connectivity index (χ4n) is 3.78. The topological polar surface area (TPSA) is 118 Å². The Morgan fingerprint density at radius 1 is 1.23 bits per heavy atom. The molecule has 4 rings (SSSR count). The van der Waals surface area contributed by atoms with Gasteiger partial charge in [0.25, 0.3) is 0 Å². The summed E-state index contributed by atoms with van der Waals surface area (Å²) >= 11 is 6.36. The Hall–Kier alpha value is -3.20. The Balaban J connectivity index is 1.64. The molecule has 3 aromatic rings. The Bertz CT molecular complexity index is 1100. The molecule has 156 valence electrons. The Labute approximate surface area is 177 Å². The van der Waals surface area contributed by atoms with Gasteiger partial charge in [-0.25, -0.2) is 14.6 Å². The zero-order valence-electron chi connectivity index (χ0n) is 16.5. The summed E-state index contributed by atoms with van der Waals surface area (Å²) in [5.41, 5.74) is 0.985. The summed E-state index contributed by atoms with van der Waals surface area (Å²) < 4.78 is 1.62. The minimum Gasteiger partial charge on any atom is -0.357 e. The van der Waals surface area contributed by atoms with Gasteiger partial charge < -0.3 is 15.6 Å². The van der Waals surface area contributed by atoms with E-state index in [-0.39, 0.29) is 11.5 Å². The molecule has 1 aliphatic carbocycles. The maximum atomic E-state index is 12.6. The number of carbonyl (C=O) groups excluding carboxylic acids is 1. The Morgan fingerprint density at radius 3 is 2.73 bits per heavy atom. The molecule has 0 atom stereocenters. The first-order valence-corrected chi connectivity index (χ1v) is 10.2. The summed E-state index contributed by atoms with van der Waals surface area (Å²) in [6, 6.07) is 3.10. The minimum absolute atomic E-state index is 0.0619. The molecule has 0 aromatic carbocycles. The molecule has 1 fully saturated rings. The molecular weight excluding hydrogens is 406 g/mol. The molecule has 0 aliphatic heterocycles. The van der Waals surface area contributed by atoms with Crippen LogP contribution < -0.4 is 16.2 Å². The molecule has 0 saturated heterocycles. The van der Waals surface area contributed by atoms with E-state index in [0.717, 1.165) is 32.1 Å². The van der Waals surface area contributed by atoms with Crippen LogP contribution in [0.4, 0.5) is 5.95 Å². The number of anilines is 1. The fourth-order valence-corrected chi connectivity index (χ4v) is 3.98. The number of aromatic amines is 1. The van der Waals surface area contributed by atoms with Crippen LogP contribution in [-0.2, 0) is 4.79 Å². The van der Waals surface area contributed by atoms with Crippen molar-refractivity contribution in [3.05, 3.63) is 52.3 Å². The van der Waals surface area contributed by atoms with Crippen molar-refractivity contribution in [3.63, 3.8) is 0 Å². The molecule has 0 bridgehead atoms. The number of likely N-dealkylation sites (N-methyl/N-ethyl adjacent to an activating group) is 1. The van der Waals surface area contributed by atoms with Crippen molar-refractivity contribution in [1.29, 1.82) is 0 Å². The van der Waals surface area contributed by atoms with Gasteiger partial charge in [0, 0.05) is 31.1 Å². The highest BCUT2D eigenvalue weighted by Gasteiger charge is 2.39. The van der Waals surface area contributed by atoms with Crippen molar-refractivity contribution in [3.8, 4) is 16.9 Å². The number of hydrogen-bond acceptors (Lipinski definition) is 6. The second kappa shape index (κ2) is 8.27. The average Bonchev–Trinajstić information content (AvgIpc) is 3.25. The molecule has 3 aromatic heterocycles. The monoisotopic (exact) mass is 427 g/mol. The predicted molar refractivity (Wildman–Crippen MR) is 114 cm³/mol. The third-order valence-corrected chi connectivity index (χ3v) is 5.63. The summed E-state index contributed by atoms with van der Waals surface area (Å²) in [6.45, 7) is 0. The van der Waals surface area contributed by atoms with Crippen molar-refractivity contribution in [2.24, 2.45) is 0 Å². The van der Waals surface area contributed by atoms with Gasteiger partial charge in [0.1, 0.15) is 5.54 Å². The number of rotatable bonds is 5. The van der Waals surface area contributed by atoms with Gasteiger partial charge in [-0.1, -0.05) is 30.9 Å². The third-order valence-electron chi connectivity index (χ3n) is 5.35. The third kappa shape index (κ3) is 3.93. The number of pyridine rings is 1. The van der Waals surface area contributed by atoms with Crippen LogP contribution in [0.5, 0.6) is 0 Å². The van der Waals surface area contributed by atoms with E-state index in [1.54, 1.807) is 36.4 Å². The van der Waals surface area contributed by atoms with Crippen molar-refractivity contribution in [1.82, 2.24) is 30.0 Å². The summed E-state index contributed by atoms with van der Waals surface area (Å²) in [4.78, 5) is 35.4. The first kappa shape index (κ1) is 20.1. The molecule has 3 heterocycles. The van der Waals surface area contributed by atoms with Gasteiger partial charge in [0.2, 0.25) is 17.4 Å². The molecule has 0 spiro atoms. The molecule has 10 heteroatoms. The van der Waals surface area contributed by atoms with Crippen molar-refractivity contribution in [2.45, 2.75) is 37.6 Å². The maximum absolute atomic E-state index is 12.6. The molecule has 1 amide bonds. The second-order valence-electron chi connectivity index (χ2n) is 7.32. The quantitative estimate of drug-likeness (QED) is 0.576. The number of aromatic nitrogens is 5. The van der Waals surface area contributed by atoms with Gasteiger partial charge in [-0.3, -0.25) is 9.59 Å². The van der Waals surface area contributed by atoms with Gasteiger partial charge in [0.15, 0.2) is 0 Å². The van der Waals surface area contributed by atoms with Crippen LogP contribution in [0.3, 0.4) is 0 Å². The largest absolute Gasteiger partial charge is 0.357 e. The number of halogens is 1. The van der Waals surface area contributed by atoms with Crippen LogP contribution in [0.15, 0.2) is 41.7 Å². The van der Waals surface area contributed by atoms with Crippen molar-refractivity contribution < 1.29 is 4.79 Å². The number of amides is 1. The number of nitrogens with zero attached hydrogens (tertiary/aromatic N) is 4. The van der Waals surface area contributed by atoms with Crippen LogP contribution in [0.1, 0.15) is 32.1 Å². The van der Waals surface area contributed by atoms with Crippen molar-refractivity contribution >= 4 is 23.5 Å². The SMILES string of the molecule is CNC(=O)C1(Nc2ncc(Cl)c(-c3cnn(-c4ccc(=O)[nH]c4)c3)n2)CCCCC1. The number of nitrogens with one attached hydrogen (secondary N) is 3. The zero-order valence-corrected chi connectivity index (χ0v) is 17.2. The molecular formula is C20H22ClN7O2. The van der Waals surface area contributed by atoms with Crippen LogP contribution in [0.25, 0.3) is 16.9 Å². The van der Waals surface area contributed by atoms with E-state index in [0.29, 0.717) is 27.9 Å². The van der Waals surface area contributed by atoms with Crippen LogP contribution in [0, 0.1) is 0 Å². The zero-order chi connectivity index (χ0) is 21.1. The van der Waals surface area contributed by atoms with Gasteiger partial charge in [-0.15, -0.1) is 0 Å². The number of carbonyl (C=O) groups is 1. The van der Waals surface area contributed by atoms with E-state index in [1.165, 1.54) is 12.3 Å². The van der Waals surface area contributed by atoms with E-state index in [2.05, 4.69) is 30.7 Å². The normalized spacial score (nSPS) is 15.5. The molecule has 3 N–H and O–H groups in total. The van der Waals surface area contributed by atoms with Gasteiger partial charge in [0.05, 0.1) is 28.8 Å². The Kier molecular flexibility index (Phi) is 5.54. The maximum Gasteiger partial charge on any atom is 0.248 e.